The van der Waals surface area contributed by atoms with Crippen LogP contribution in [-0.2, 0) is 0 Å². The molecule has 0 fully saturated rings. The van der Waals surface area contributed by atoms with Crippen molar-refractivity contribution in [2.75, 3.05) is 19.0 Å². The van der Waals surface area contributed by atoms with Crippen molar-refractivity contribution < 1.29 is 42.5 Å². The van der Waals surface area contributed by atoms with E-state index in [-0.39, 0.29) is 87.5 Å². The summed E-state index contributed by atoms with van der Waals surface area (Å²) in [6.45, 7) is 24.3. The van der Waals surface area contributed by atoms with Gasteiger partial charge in [0.2, 0.25) is 0 Å². The van der Waals surface area contributed by atoms with Crippen LogP contribution in [0.2, 0.25) is 30.1 Å². The maximum atomic E-state index is 13.0. The monoisotopic (exact) mass is 1570 g/mol. The Balaban J connectivity index is 0.000000167. The van der Waals surface area contributed by atoms with Crippen molar-refractivity contribution >= 4 is 244 Å². The van der Waals surface area contributed by atoms with E-state index in [0.29, 0.717) is 79.6 Å². The van der Waals surface area contributed by atoms with Gasteiger partial charge in [-0.1, -0.05) is 183 Å². The van der Waals surface area contributed by atoms with E-state index in [0.717, 1.165) is 46.0 Å². The van der Waals surface area contributed by atoms with Crippen molar-refractivity contribution in [3.05, 3.63) is 202 Å². The topological polar surface area (TPSA) is 149 Å². The molecule has 0 amide bonds. The second-order valence-corrected chi connectivity index (χ2v) is 33.5. The predicted molar refractivity (Wildman–Crippen MR) is 422 cm³/mol. The fraction of sp³-hybridized carbons (Fsp3) is 0.280. The number of halogens is 8. The smallest absolute Gasteiger partial charge is 0.270 e. The molecule has 6 heterocycles. The molecule has 12 aromatic rings. The van der Waals surface area contributed by atoms with E-state index in [9.17, 15) is 47.7 Å². The summed E-state index contributed by atoms with van der Waals surface area (Å²) in [7, 11) is 3.99. The van der Waals surface area contributed by atoms with Crippen molar-refractivity contribution in [1.82, 2.24) is 0 Å². The standard InChI is InChI=1S/C14H16ClNOS.C13H13ClOS.2C12H10ClFOS.C12H10ClNO3S.C12H11ClOS/c1-8(2)13(17)14-12(15)10-6-5-9(16(3)4)7-11(10)18-14;1-7(2)12(15)13-11(14)9-5-4-8(3)6-10(9)16-13;1-6(2)11(15)12-10(13)8-5-7(14)3-4-9(8)16-12;1-6(2)11(15)12-10(13)8-4-3-7(14)5-9(8)16-12;1-6(2)11(15)12-10(13)8-4-3-7(14(16)17)5-9(8)18-12;1-7(2)11(14)12-10(13)8-5-3-4-6-9(8)15-12/h5-8H,1-4H3;4-7H,1-3H3;2*3-6H,1-2H3;3-6H,1-2H3;3-7H,1-2H3. The van der Waals surface area contributed by atoms with Gasteiger partial charge >= 0.3 is 0 Å². The van der Waals surface area contributed by atoms with Gasteiger partial charge in [-0.05, 0) is 85.3 Å². The van der Waals surface area contributed by atoms with Crippen LogP contribution in [0.15, 0.2) is 115 Å². The van der Waals surface area contributed by atoms with Gasteiger partial charge in [0.05, 0.1) is 64.3 Å². The molecule has 0 aliphatic carbocycles. The lowest BCUT2D eigenvalue weighted by molar-refractivity contribution is -0.384. The molecule has 0 spiro atoms. The third kappa shape index (κ3) is 19.0. The highest BCUT2D eigenvalue weighted by atomic mass is 35.5. The lowest BCUT2D eigenvalue weighted by Gasteiger charge is -2.11. The molecular formula is C75H70Cl6F2N2O8S6. The minimum absolute atomic E-state index is 0.00367. The molecule has 0 bridgehead atoms. The quantitative estimate of drug-likeness (QED) is 0.0589. The number of non-ortho nitro benzene ring substituents is 1. The summed E-state index contributed by atoms with van der Waals surface area (Å²) in [5, 5.41) is 18.7. The van der Waals surface area contributed by atoms with Gasteiger partial charge in [-0.3, -0.25) is 38.9 Å². The number of Topliss-reactive ketones (excluding diaryl/α,β-unsaturated/α-hetero) is 6. The van der Waals surface area contributed by atoms with E-state index in [4.69, 9.17) is 69.6 Å². The number of benzene rings is 6. The van der Waals surface area contributed by atoms with Crippen LogP contribution in [0.1, 0.15) is 147 Å². The average Bonchev–Trinajstić information content (AvgIpc) is 1.69. The third-order valence-electron chi connectivity index (χ3n) is 14.9. The van der Waals surface area contributed by atoms with Gasteiger partial charge in [-0.15, -0.1) is 68.0 Å². The highest BCUT2D eigenvalue weighted by molar-refractivity contribution is 7.24. The minimum Gasteiger partial charge on any atom is -0.378 e. The van der Waals surface area contributed by atoms with Gasteiger partial charge in [0.25, 0.3) is 5.69 Å². The highest BCUT2D eigenvalue weighted by Gasteiger charge is 2.26. The first-order chi connectivity index (χ1) is 46.4. The zero-order chi connectivity index (χ0) is 73.5. The van der Waals surface area contributed by atoms with Crippen molar-refractivity contribution in [3.63, 3.8) is 0 Å². The van der Waals surface area contributed by atoms with E-state index in [1.54, 1.807) is 32.0 Å². The molecule has 0 radical (unpaired) electrons. The molecule has 24 heteroatoms. The largest absolute Gasteiger partial charge is 0.378 e. The Kier molecular flexibility index (Phi) is 28.1. The van der Waals surface area contributed by atoms with E-state index in [1.165, 1.54) is 110 Å². The maximum Gasteiger partial charge on any atom is 0.270 e. The van der Waals surface area contributed by atoms with Gasteiger partial charge in [-0.25, -0.2) is 8.78 Å². The first-order valence-electron chi connectivity index (χ1n) is 31.1. The molecular weight excluding hydrogens is 1500 g/mol. The number of fused-ring (bicyclic) bond motifs is 6. The van der Waals surface area contributed by atoms with Gasteiger partial charge in [0, 0.05) is 128 Å². The van der Waals surface area contributed by atoms with Crippen LogP contribution in [0.4, 0.5) is 20.2 Å². The Morgan fingerprint density at radius 3 is 1.04 bits per heavy atom. The van der Waals surface area contributed by atoms with Gasteiger partial charge in [0.1, 0.15) is 11.6 Å². The van der Waals surface area contributed by atoms with E-state index >= 15 is 0 Å². The number of hydrogen-bond acceptors (Lipinski definition) is 15. The van der Waals surface area contributed by atoms with Crippen LogP contribution in [0.5, 0.6) is 0 Å². The normalized spacial score (nSPS) is 11.2. The van der Waals surface area contributed by atoms with E-state index in [1.807, 2.05) is 144 Å². The summed E-state index contributed by atoms with van der Waals surface area (Å²) in [4.78, 5) is 87.4. The third-order valence-corrected chi connectivity index (χ3v) is 25.0. The zero-order valence-corrected chi connectivity index (χ0v) is 66.0. The summed E-state index contributed by atoms with van der Waals surface area (Å²) in [5.74, 6) is -0.688. The molecule has 0 atom stereocenters. The zero-order valence-electron chi connectivity index (χ0n) is 56.6. The maximum absolute atomic E-state index is 13.0. The fourth-order valence-electron chi connectivity index (χ4n) is 9.29. The Hall–Kier alpha value is -6.10. The molecule has 99 heavy (non-hydrogen) atoms. The van der Waals surface area contributed by atoms with Crippen LogP contribution in [0.25, 0.3) is 60.5 Å². The SMILES string of the molecule is CC(C)C(=O)c1sc2cc(F)ccc2c1Cl.CC(C)C(=O)c1sc2cc(N(C)C)ccc2c1Cl.CC(C)C(=O)c1sc2cc([N+](=O)[O-])ccc2c1Cl.CC(C)C(=O)c1sc2ccc(F)cc2c1Cl.CC(C)C(=O)c1sc2ccccc2c1Cl.Cc1ccc2c(Cl)c(C(=O)C(C)C)sc2c1. The number of nitro groups is 1. The molecule has 520 valence electrons. The highest BCUT2D eigenvalue weighted by Crippen LogP contribution is 2.43. The van der Waals surface area contributed by atoms with Crippen molar-refractivity contribution in [3.8, 4) is 0 Å². The number of aryl methyl sites for hydroxylation is 1. The molecule has 0 aliphatic rings. The molecule has 6 aromatic carbocycles. The van der Waals surface area contributed by atoms with Crippen LogP contribution >= 0.6 is 138 Å². The summed E-state index contributed by atoms with van der Waals surface area (Å²) >= 11 is 45.3. The van der Waals surface area contributed by atoms with Crippen LogP contribution in [0.3, 0.4) is 0 Å². The van der Waals surface area contributed by atoms with Crippen molar-refractivity contribution in [2.45, 2.75) is 90.0 Å². The predicted octanol–water partition coefficient (Wildman–Crippen LogP) is 26.9. The lowest BCUT2D eigenvalue weighted by Crippen LogP contribution is -2.07. The van der Waals surface area contributed by atoms with Crippen molar-refractivity contribution in [2.24, 2.45) is 35.5 Å². The molecule has 0 aliphatic heterocycles. The summed E-state index contributed by atoms with van der Waals surface area (Å²) in [6, 6.07) is 33.2. The molecule has 0 unspecified atom stereocenters. The average molecular weight is 1570 g/mol. The second kappa shape index (κ2) is 34.7. The lowest BCUT2D eigenvalue weighted by atomic mass is 10.1. The Morgan fingerprint density at radius 2 is 0.657 bits per heavy atom. The minimum atomic E-state index is -0.461. The number of carbonyl (C=O) groups is 6. The number of nitrogens with zero attached hydrogens (tertiary/aromatic N) is 2. The number of rotatable bonds is 14. The van der Waals surface area contributed by atoms with Crippen molar-refractivity contribution in [1.29, 1.82) is 0 Å². The molecule has 0 saturated carbocycles. The second-order valence-electron chi connectivity index (χ2n) is 24.9. The molecule has 0 saturated heterocycles. The summed E-state index contributed by atoms with van der Waals surface area (Å²) in [5.41, 5.74) is 2.31. The Labute approximate surface area is 627 Å². The molecule has 0 N–H and O–H groups in total. The van der Waals surface area contributed by atoms with E-state index < -0.39 is 4.92 Å². The molecule has 6 aromatic heterocycles. The Bertz CT molecular complexity index is 4930. The van der Waals surface area contributed by atoms with E-state index in [2.05, 4.69) is 12.1 Å². The molecule has 12 rings (SSSR count). The first kappa shape index (κ1) is 80.2. The molecule has 10 nitrogen and oxygen atoms in total. The van der Waals surface area contributed by atoms with Crippen LogP contribution in [0, 0.1) is 64.2 Å². The number of anilines is 1. The van der Waals surface area contributed by atoms with Gasteiger partial charge < -0.3 is 4.90 Å². The number of ketones is 6. The number of carbonyl (C=O) groups excluding carboxylic acids is 6. The summed E-state index contributed by atoms with van der Waals surface area (Å²) in [6.07, 6.45) is 0. The summed E-state index contributed by atoms with van der Waals surface area (Å²) < 4.78 is 31.5. The van der Waals surface area contributed by atoms with Gasteiger partial charge in [0.15, 0.2) is 34.7 Å². The number of hydrogen-bond donors (Lipinski definition) is 0. The van der Waals surface area contributed by atoms with Crippen LogP contribution < -0.4 is 4.90 Å². The Morgan fingerprint density at radius 1 is 0.364 bits per heavy atom. The van der Waals surface area contributed by atoms with Gasteiger partial charge in [-0.2, -0.15) is 0 Å². The number of thiophene rings is 6. The first-order valence-corrected chi connectivity index (χ1v) is 38.2. The fourth-order valence-corrected chi connectivity index (χ4v) is 19.1. The van der Waals surface area contributed by atoms with Crippen LogP contribution in [-0.4, -0.2) is 53.7 Å². The number of nitro benzene ring substituents is 1.